The summed E-state index contributed by atoms with van der Waals surface area (Å²) in [6.45, 7) is 0.127. The quantitative estimate of drug-likeness (QED) is 0.785. The summed E-state index contributed by atoms with van der Waals surface area (Å²) in [5.41, 5.74) is 6.32. The summed E-state index contributed by atoms with van der Waals surface area (Å²) in [6.07, 6.45) is 4.64. The highest BCUT2D eigenvalue weighted by Crippen LogP contribution is 2.13. The maximum atomic E-state index is 12.2. The molecule has 20 heavy (non-hydrogen) atoms. The molecule has 0 saturated carbocycles. The molecular weight excluding hydrogens is 296 g/mol. The van der Waals surface area contributed by atoms with E-state index in [9.17, 15) is 8.42 Å². The fourth-order valence-electron chi connectivity index (χ4n) is 1.55. The van der Waals surface area contributed by atoms with Crippen molar-refractivity contribution < 1.29 is 8.42 Å². The van der Waals surface area contributed by atoms with Crippen LogP contribution in [0.15, 0.2) is 47.8 Å². The summed E-state index contributed by atoms with van der Waals surface area (Å²) in [6, 6.07) is 6.43. The number of pyridine rings is 2. The second kappa shape index (κ2) is 6.04. The molecule has 0 aliphatic heterocycles. The number of sulfonamides is 1. The molecule has 6 nitrogen and oxygen atoms in total. The molecular formula is C12H12N4O2S2. The van der Waals surface area contributed by atoms with E-state index in [0.717, 1.165) is 5.56 Å². The third kappa shape index (κ3) is 3.35. The number of hydrogen-bond acceptors (Lipinski definition) is 5. The number of aromatic nitrogens is 2. The maximum absolute atomic E-state index is 12.2. The minimum Gasteiger partial charge on any atom is -0.388 e. The van der Waals surface area contributed by atoms with Crippen LogP contribution in [-0.4, -0.2) is 23.4 Å². The van der Waals surface area contributed by atoms with E-state index in [1.807, 2.05) is 0 Å². The first kappa shape index (κ1) is 14.5. The van der Waals surface area contributed by atoms with Gasteiger partial charge < -0.3 is 5.73 Å². The van der Waals surface area contributed by atoms with Crippen molar-refractivity contribution in [2.45, 2.75) is 11.4 Å². The van der Waals surface area contributed by atoms with Crippen LogP contribution in [0.2, 0.25) is 0 Å². The van der Waals surface area contributed by atoms with Crippen LogP contribution in [0.25, 0.3) is 0 Å². The number of hydrogen-bond donors (Lipinski definition) is 2. The van der Waals surface area contributed by atoms with E-state index < -0.39 is 10.0 Å². The maximum Gasteiger partial charge on any atom is 0.243 e. The summed E-state index contributed by atoms with van der Waals surface area (Å²) in [4.78, 5) is 7.72. The zero-order valence-electron chi connectivity index (χ0n) is 10.4. The Morgan fingerprint density at radius 3 is 2.70 bits per heavy atom. The average molecular weight is 308 g/mol. The summed E-state index contributed by atoms with van der Waals surface area (Å²) in [5.74, 6) is 0. The van der Waals surface area contributed by atoms with Crippen molar-refractivity contribution >= 4 is 27.2 Å². The van der Waals surface area contributed by atoms with Crippen LogP contribution in [0, 0.1) is 0 Å². The van der Waals surface area contributed by atoms with Gasteiger partial charge in [0.15, 0.2) is 0 Å². The lowest BCUT2D eigenvalue weighted by Crippen LogP contribution is -2.27. The highest BCUT2D eigenvalue weighted by molar-refractivity contribution is 7.89. The summed E-state index contributed by atoms with van der Waals surface area (Å²) in [7, 11) is -3.74. The third-order valence-corrected chi connectivity index (χ3v) is 4.11. The smallest absolute Gasteiger partial charge is 0.243 e. The monoisotopic (exact) mass is 308 g/mol. The topological polar surface area (TPSA) is 98.0 Å². The second-order valence-electron chi connectivity index (χ2n) is 3.90. The zero-order chi connectivity index (χ0) is 14.6. The molecule has 2 heterocycles. The highest BCUT2D eigenvalue weighted by Gasteiger charge is 2.20. The van der Waals surface area contributed by atoms with Gasteiger partial charge in [-0.3, -0.25) is 9.97 Å². The lowest BCUT2D eigenvalue weighted by atomic mass is 10.3. The first-order valence-electron chi connectivity index (χ1n) is 5.64. The van der Waals surface area contributed by atoms with Crippen LogP contribution in [-0.2, 0) is 16.6 Å². The lowest BCUT2D eigenvalue weighted by Gasteiger charge is -2.09. The van der Waals surface area contributed by atoms with E-state index in [1.165, 1.54) is 18.3 Å². The number of nitrogens with two attached hydrogens (primary N) is 1. The minimum absolute atomic E-state index is 0.0311. The molecule has 0 fully saturated rings. The number of rotatable bonds is 5. The van der Waals surface area contributed by atoms with Crippen LogP contribution in [0.1, 0.15) is 11.3 Å². The Bertz CT molecular complexity index is 717. The molecule has 0 saturated heterocycles. The van der Waals surface area contributed by atoms with Gasteiger partial charge in [0.25, 0.3) is 0 Å². The molecule has 0 radical (unpaired) electrons. The predicted octanol–water partition coefficient (Wildman–Crippen LogP) is 0.589. The minimum atomic E-state index is -3.74. The molecule has 0 aliphatic rings. The normalized spacial score (nSPS) is 11.2. The number of thiocarbonyl (C=S) groups is 1. The summed E-state index contributed by atoms with van der Waals surface area (Å²) < 4.78 is 27.0. The van der Waals surface area contributed by atoms with Gasteiger partial charge in [0.1, 0.15) is 15.6 Å². The first-order valence-corrected chi connectivity index (χ1v) is 7.53. The molecule has 0 amide bonds. The summed E-state index contributed by atoms with van der Waals surface area (Å²) in [5, 5.41) is 0. The fourth-order valence-corrected chi connectivity index (χ4v) is 2.97. The van der Waals surface area contributed by atoms with E-state index >= 15 is 0 Å². The van der Waals surface area contributed by atoms with Gasteiger partial charge in [0.05, 0.1) is 0 Å². The molecule has 2 aromatic rings. The van der Waals surface area contributed by atoms with Gasteiger partial charge in [-0.1, -0.05) is 18.3 Å². The third-order valence-electron chi connectivity index (χ3n) is 2.48. The second-order valence-corrected chi connectivity index (χ2v) is 6.08. The fraction of sp³-hybridized carbons (Fsp3) is 0.0833. The molecule has 2 rings (SSSR count). The Morgan fingerprint density at radius 2 is 2.05 bits per heavy atom. The van der Waals surface area contributed by atoms with Crippen molar-refractivity contribution in [3.8, 4) is 0 Å². The van der Waals surface area contributed by atoms with E-state index in [2.05, 4.69) is 14.7 Å². The van der Waals surface area contributed by atoms with Crippen molar-refractivity contribution in [2.75, 3.05) is 0 Å². The van der Waals surface area contributed by atoms with Gasteiger partial charge >= 0.3 is 0 Å². The zero-order valence-corrected chi connectivity index (χ0v) is 12.0. The van der Waals surface area contributed by atoms with E-state index in [4.69, 9.17) is 18.0 Å². The first-order chi connectivity index (χ1) is 9.50. The number of nitrogens with zero attached hydrogens (tertiary/aromatic N) is 2. The van der Waals surface area contributed by atoms with Crippen LogP contribution in [0.3, 0.4) is 0 Å². The molecule has 2 aromatic heterocycles. The van der Waals surface area contributed by atoms with Crippen molar-refractivity contribution in [2.24, 2.45) is 5.73 Å². The molecule has 8 heteroatoms. The van der Waals surface area contributed by atoms with Crippen molar-refractivity contribution in [3.05, 3.63) is 54.1 Å². The molecule has 3 N–H and O–H groups in total. The molecule has 0 atom stereocenters. The van der Waals surface area contributed by atoms with Crippen LogP contribution >= 0.6 is 12.2 Å². The van der Waals surface area contributed by atoms with Crippen molar-refractivity contribution in [1.82, 2.24) is 14.7 Å². The van der Waals surface area contributed by atoms with Gasteiger partial charge in [0, 0.05) is 25.1 Å². The average Bonchev–Trinajstić information content (AvgIpc) is 2.46. The summed E-state index contributed by atoms with van der Waals surface area (Å²) >= 11 is 4.81. The van der Waals surface area contributed by atoms with Gasteiger partial charge in [-0.2, -0.15) is 0 Å². The van der Waals surface area contributed by atoms with Gasteiger partial charge in [-0.15, -0.1) is 0 Å². The lowest BCUT2D eigenvalue weighted by molar-refractivity contribution is 0.580. The Balaban J connectivity index is 2.25. The van der Waals surface area contributed by atoms with E-state index in [1.54, 1.807) is 24.5 Å². The van der Waals surface area contributed by atoms with Crippen LogP contribution < -0.4 is 10.5 Å². The van der Waals surface area contributed by atoms with Crippen molar-refractivity contribution in [1.29, 1.82) is 0 Å². The van der Waals surface area contributed by atoms with Gasteiger partial charge in [-0.05, 0) is 23.8 Å². The van der Waals surface area contributed by atoms with Gasteiger partial charge in [0.2, 0.25) is 10.0 Å². The number of nitrogens with one attached hydrogen (secondary N) is 1. The standard InChI is InChI=1S/C12H12N4O2S2/c13-12(19)11-10(4-2-6-15-11)20(17,18)16-8-9-3-1-5-14-7-9/h1-7,16H,8H2,(H2,13,19). The van der Waals surface area contributed by atoms with Gasteiger partial charge in [-0.25, -0.2) is 13.1 Å². The Kier molecular flexibility index (Phi) is 4.38. The van der Waals surface area contributed by atoms with Crippen molar-refractivity contribution in [3.63, 3.8) is 0 Å². The molecule has 0 aliphatic carbocycles. The predicted molar refractivity (Wildman–Crippen MR) is 78.4 cm³/mol. The molecule has 0 bridgehead atoms. The molecule has 104 valence electrons. The Labute approximate surface area is 122 Å². The molecule has 0 unspecified atom stereocenters. The Hall–Kier alpha value is -1.90. The molecule has 0 spiro atoms. The van der Waals surface area contributed by atoms with Crippen LogP contribution in [0.5, 0.6) is 0 Å². The van der Waals surface area contributed by atoms with E-state index in [0.29, 0.717) is 0 Å². The molecule has 0 aromatic carbocycles. The highest BCUT2D eigenvalue weighted by atomic mass is 32.2. The largest absolute Gasteiger partial charge is 0.388 e. The SMILES string of the molecule is NC(=S)c1ncccc1S(=O)(=O)NCc1cccnc1. The van der Waals surface area contributed by atoms with Crippen LogP contribution in [0.4, 0.5) is 0 Å². The van der Waals surface area contributed by atoms with E-state index in [-0.39, 0.29) is 22.1 Å². The Morgan fingerprint density at radius 1 is 1.30 bits per heavy atom.